The highest BCUT2D eigenvalue weighted by Crippen LogP contribution is 2.25. The molecule has 0 fully saturated rings. The van der Waals surface area contributed by atoms with Crippen LogP contribution in [0.3, 0.4) is 0 Å². The molecule has 0 radical (unpaired) electrons. The monoisotopic (exact) mass is 315 g/mol. The highest BCUT2D eigenvalue weighted by Gasteiger charge is 2.27. The molecule has 0 unspecified atom stereocenters. The molecule has 1 aromatic rings. The van der Waals surface area contributed by atoms with Gasteiger partial charge in [-0.2, -0.15) is 4.31 Å². The molecule has 6 heteroatoms. The second-order valence-electron chi connectivity index (χ2n) is 5.53. The molecule has 21 heavy (non-hydrogen) atoms. The van der Waals surface area contributed by atoms with E-state index >= 15 is 0 Å². The summed E-state index contributed by atoms with van der Waals surface area (Å²) in [6, 6.07) is 4.63. The van der Waals surface area contributed by atoms with Crippen LogP contribution in [0.15, 0.2) is 23.1 Å². The molecule has 0 heterocycles. The molecular weight excluding hydrogens is 290 g/mol. The highest BCUT2D eigenvalue weighted by atomic mass is 32.2. The molecule has 1 aromatic carbocycles. The van der Waals surface area contributed by atoms with Gasteiger partial charge in [-0.25, -0.2) is 8.42 Å². The Balaban J connectivity index is 3.17. The van der Waals surface area contributed by atoms with E-state index in [-0.39, 0.29) is 30.2 Å². The van der Waals surface area contributed by atoms with E-state index in [0.717, 1.165) is 5.56 Å². The fraction of sp³-hybridized carbons (Fsp3) is 0.600. The Morgan fingerprint density at radius 1 is 1.24 bits per heavy atom. The van der Waals surface area contributed by atoms with Gasteiger partial charge in [-0.1, -0.05) is 0 Å². The highest BCUT2D eigenvalue weighted by molar-refractivity contribution is 7.89. The smallest absolute Gasteiger partial charge is 0.243 e. The van der Waals surface area contributed by atoms with E-state index in [1.807, 2.05) is 20.8 Å². The van der Waals surface area contributed by atoms with Crippen molar-refractivity contribution in [2.24, 2.45) is 0 Å². The third kappa shape index (κ3) is 4.43. The molecule has 0 amide bonds. The fourth-order valence-corrected chi connectivity index (χ4v) is 3.77. The Morgan fingerprint density at radius 2 is 1.86 bits per heavy atom. The molecule has 0 aliphatic heterocycles. The number of ether oxygens (including phenoxy) is 1. The van der Waals surface area contributed by atoms with Gasteiger partial charge in [0, 0.05) is 12.6 Å². The Kier molecular flexibility index (Phi) is 6.19. The minimum Gasteiger partial charge on any atom is -0.491 e. The van der Waals surface area contributed by atoms with Crippen molar-refractivity contribution >= 4 is 10.0 Å². The average Bonchev–Trinajstić information content (AvgIpc) is 2.37. The van der Waals surface area contributed by atoms with Crippen LogP contribution in [-0.2, 0) is 10.0 Å². The zero-order valence-corrected chi connectivity index (χ0v) is 14.1. The number of hydrogen-bond acceptors (Lipinski definition) is 4. The lowest BCUT2D eigenvalue weighted by Crippen LogP contribution is -2.38. The minimum atomic E-state index is -3.61. The van der Waals surface area contributed by atoms with E-state index in [0.29, 0.717) is 5.75 Å². The van der Waals surface area contributed by atoms with E-state index in [1.165, 1.54) is 4.31 Å². The van der Waals surface area contributed by atoms with Crippen LogP contribution >= 0.6 is 0 Å². The van der Waals surface area contributed by atoms with E-state index in [9.17, 15) is 8.42 Å². The first-order valence-electron chi connectivity index (χ1n) is 7.10. The maximum absolute atomic E-state index is 12.6. The molecule has 0 bridgehead atoms. The Morgan fingerprint density at radius 3 is 2.29 bits per heavy atom. The normalized spacial score (nSPS) is 12.4. The van der Waals surface area contributed by atoms with Gasteiger partial charge in [0.2, 0.25) is 10.0 Å². The Labute approximate surface area is 127 Å². The molecule has 1 N–H and O–H groups in total. The van der Waals surface area contributed by atoms with Crippen LogP contribution in [0.5, 0.6) is 5.75 Å². The van der Waals surface area contributed by atoms with Gasteiger partial charge in [-0.15, -0.1) is 0 Å². The van der Waals surface area contributed by atoms with Crippen molar-refractivity contribution in [2.75, 3.05) is 13.2 Å². The number of rotatable bonds is 7. The van der Waals surface area contributed by atoms with Crippen LogP contribution in [0.4, 0.5) is 0 Å². The summed E-state index contributed by atoms with van der Waals surface area (Å²) >= 11 is 0. The molecule has 0 aliphatic carbocycles. The maximum atomic E-state index is 12.6. The first kappa shape index (κ1) is 17.9. The molecule has 1 rings (SSSR count). The van der Waals surface area contributed by atoms with Gasteiger partial charge in [-0.05, 0) is 58.4 Å². The van der Waals surface area contributed by atoms with E-state index in [4.69, 9.17) is 9.84 Å². The van der Waals surface area contributed by atoms with Crippen LogP contribution < -0.4 is 4.74 Å². The van der Waals surface area contributed by atoms with Crippen LogP contribution in [0.2, 0.25) is 0 Å². The van der Waals surface area contributed by atoms with Crippen molar-refractivity contribution in [1.82, 2.24) is 4.31 Å². The molecule has 0 saturated carbocycles. The van der Waals surface area contributed by atoms with Crippen molar-refractivity contribution in [3.63, 3.8) is 0 Å². The lowest BCUT2D eigenvalue weighted by molar-refractivity contribution is 0.236. The van der Waals surface area contributed by atoms with E-state index in [1.54, 1.807) is 32.0 Å². The van der Waals surface area contributed by atoms with Crippen LogP contribution in [0, 0.1) is 6.92 Å². The van der Waals surface area contributed by atoms with Gasteiger partial charge in [-0.3, -0.25) is 0 Å². The van der Waals surface area contributed by atoms with Crippen LogP contribution in [0.25, 0.3) is 0 Å². The van der Waals surface area contributed by atoms with Crippen LogP contribution in [-0.4, -0.2) is 43.1 Å². The Hall–Kier alpha value is -1.11. The number of nitrogens with zero attached hydrogens (tertiary/aromatic N) is 1. The van der Waals surface area contributed by atoms with Crippen molar-refractivity contribution in [3.8, 4) is 5.75 Å². The van der Waals surface area contributed by atoms with Gasteiger partial charge < -0.3 is 9.84 Å². The molecule has 5 nitrogen and oxygen atoms in total. The largest absolute Gasteiger partial charge is 0.491 e. The predicted octanol–water partition coefficient (Wildman–Crippen LogP) is 2.17. The predicted molar refractivity (Wildman–Crippen MR) is 83.1 cm³/mol. The number of aliphatic hydroxyl groups excluding tert-OH is 1. The average molecular weight is 315 g/mol. The lowest BCUT2D eigenvalue weighted by atomic mass is 10.2. The second-order valence-corrected chi connectivity index (χ2v) is 7.42. The summed E-state index contributed by atoms with van der Waals surface area (Å²) in [5.74, 6) is 0.683. The molecule has 120 valence electrons. The van der Waals surface area contributed by atoms with Gasteiger partial charge in [0.05, 0.1) is 17.6 Å². The van der Waals surface area contributed by atoms with Crippen molar-refractivity contribution in [1.29, 1.82) is 0 Å². The minimum absolute atomic E-state index is 0.0349. The molecule has 0 atom stereocenters. The molecule has 0 aliphatic rings. The van der Waals surface area contributed by atoms with Crippen molar-refractivity contribution in [2.45, 2.75) is 51.7 Å². The molecular formula is C15H25NO4S. The Bertz CT molecular complexity index is 567. The molecule has 0 saturated heterocycles. The number of aliphatic hydroxyl groups is 1. The topological polar surface area (TPSA) is 66.8 Å². The standard InChI is InChI=1S/C15H25NO4S/c1-11(2)16(8-9-17)21(18,19)14-6-7-15(13(5)10-14)20-12(3)4/h6-7,10-12,17H,8-9H2,1-5H3. The van der Waals surface area contributed by atoms with Gasteiger partial charge in [0.1, 0.15) is 5.75 Å². The molecule has 0 spiro atoms. The zero-order valence-electron chi connectivity index (χ0n) is 13.3. The summed E-state index contributed by atoms with van der Waals surface area (Å²) in [5.41, 5.74) is 0.775. The number of hydrogen-bond donors (Lipinski definition) is 1. The quantitative estimate of drug-likeness (QED) is 0.837. The van der Waals surface area contributed by atoms with Crippen LogP contribution in [0.1, 0.15) is 33.3 Å². The summed E-state index contributed by atoms with van der Waals surface area (Å²) in [4.78, 5) is 0.221. The summed E-state index contributed by atoms with van der Waals surface area (Å²) < 4.78 is 32.2. The van der Waals surface area contributed by atoms with E-state index in [2.05, 4.69) is 0 Å². The first-order valence-corrected chi connectivity index (χ1v) is 8.54. The fourth-order valence-electron chi connectivity index (χ4n) is 2.06. The molecule has 0 aromatic heterocycles. The number of aryl methyl sites for hydroxylation is 1. The van der Waals surface area contributed by atoms with Gasteiger partial charge in [0.15, 0.2) is 0 Å². The zero-order chi connectivity index (χ0) is 16.2. The summed E-state index contributed by atoms with van der Waals surface area (Å²) in [5, 5.41) is 9.07. The van der Waals surface area contributed by atoms with Crippen molar-refractivity contribution in [3.05, 3.63) is 23.8 Å². The number of sulfonamides is 1. The number of benzene rings is 1. The SMILES string of the molecule is Cc1cc(S(=O)(=O)N(CCO)C(C)C)ccc1OC(C)C. The third-order valence-corrected chi connectivity index (χ3v) is 5.08. The lowest BCUT2D eigenvalue weighted by Gasteiger charge is -2.25. The summed E-state index contributed by atoms with van der Waals surface area (Å²) in [7, 11) is -3.61. The maximum Gasteiger partial charge on any atom is 0.243 e. The summed E-state index contributed by atoms with van der Waals surface area (Å²) in [6.45, 7) is 9.13. The van der Waals surface area contributed by atoms with Gasteiger partial charge >= 0.3 is 0 Å². The third-order valence-electron chi connectivity index (χ3n) is 3.01. The second kappa shape index (κ2) is 7.24. The van der Waals surface area contributed by atoms with Crippen molar-refractivity contribution < 1.29 is 18.3 Å². The summed E-state index contributed by atoms with van der Waals surface area (Å²) in [6.07, 6.45) is 0.0349. The first-order chi connectivity index (χ1) is 9.70. The van der Waals surface area contributed by atoms with E-state index < -0.39 is 10.0 Å². The van der Waals surface area contributed by atoms with Gasteiger partial charge in [0.25, 0.3) is 0 Å².